The first-order chi connectivity index (χ1) is 20.6. The first-order valence-corrected chi connectivity index (χ1v) is 16.1. The van der Waals surface area contributed by atoms with Crippen LogP contribution in [-0.2, 0) is 27.5 Å². The van der Waals surface area contributed by atoms with E-state index in [1.807, 2.05) is 18.2 Å². The number of halogens is 3. The van der Waals surface area contributed by atoms with Crippen LogP contribution in [0.3, 0.4) is 0 Å². The van der Waals surface area contributed by atoms with Crippen molar-refractivity contribution in [1.29, 1.82) is 0 Å². The molecule has 7 nitrogen and oxygen atoms in total. The van der Waals surface area contributed by atoms with Crippen LogP contribution in [0.25, 0.3) is 0 Å². The van der Waals surface area contributed by atoms with Gasteiger partial charge in [-0.25, -0.2) is 13.1 Å². The van der Waals surface area contributed by atoms with Gasteiger partial charge in [0.15, 0.2) is 0 Å². The van der Waals surface area contributed by atoms with Crippen molar-refractivity contribution in [3.8, 4) is 5.75 Å². The van der Waals surface area contributed by atoms with Crippen molar-refractivity contribution >= 4 is 15.9 Å². The molecule has 43 heavy (non-hydrogen) atoms. The highest BCUT2D eigenvalue weighted by atomic mass is 32.2. The molecule has 230 valence electrons. The normalized spacial score (nSPS) is 18.3. The van der Waals surface area contributed by atoms with Crippen LogP contribution >= 0.6 is 0 Å². The third kappa shape index (κ3) is 8.16. The van der Waals surface area contributed by atoms with Crippen molar-refractivity contribution in [3.63, 3.8) is 0 Å². The van der Waals surface area contributed by atoms with Crippen LogP contribution in [0.4, 0.5) is 13.2 Å². The lowest BCUT2D eigenvalue weighted by atomic mass is 9.95. The summed E-state index contributed by atoms with van der Waals surface area (Å²) in [7, 11) is -4.39. The molecular weight excluding hydrogens is 579 g/mol. The topological polar surface area (TPSA) is 96.5 Å². The zero-order valence-electron chi connectivity index (χ0n) is 23.7. The molecule has 1 heterocycles. The summed E-state index contributed by atoms with van der Waals surface area (Å²) in [6, 6.07) is 17.2. The smallest absolute Gasteiger partial charge is 0.416 e. The molecule has 0 saturated heterocycles. The van der Waals surface area contributed by atoms with E-state index in [0.29, 0.717) is 36.4 Å². The Morgan fingerprint density at radius 3 is 2.44 bits per heavy atom. The van der Waals surface area contributed by atoms with Gasteiger partial charge in [-0.15, -0.1) is 0 Å². The summed E-state index contributed by atoms with van der Waals surface area (Å²) in [6.45, 7) is 1.16. The minimum Gasteiger partial charge on any atom is -0.493 e. The second-order valence-electron chi connectivity index (χ2n) is 11.2. The summed E-state index contributed by atoms with van der Waals surface area (Å²) < 4.78 is 74.5. The molecular formula is C32H36F3N3O4S. The molecule has 0 spiro atoms. The molecule has 0 bridgehead atoms. The lowest BCUT2D eigenvalue weighted by molar-refractivity contribution is -0.137. The Balaban J connectivity index is 1.28. The fourth-order valence-electron chi connectivity index (χ4n) is 5.71. The van der Waals surface area contributed by atoms with E-state index < -0.39 is 38.6 Å². The number of carbonyl (C=O) groups is 1. The summed E-state index contributed by atoms with van der Waals surface area (Å²) >= 11 is 0. The maximum Gasteiger partial charge on any atom is 0.416 e. The van der Waals surface area contributed by atoms with Gasteiger partial charge in [0.25, 0.3) is 0 Å². The van der Waals surface area contributed by atoms with Gasteiger partial charge in [-0.2, -0.15) is 13.2 Å². The molecule has 2 aliphatic rings. The van der Waals surface area contributed by atoms with Gasteiger partial charge in [-0.3, -0.25) is 4.79 Å². The van der Waals surface area contributed by atoms with E-state index in [4.69, 9.17) is 4.74 Å². The summed E-state index contributed by atoms with van der Waals surface area (Å²) in [4.78, 5) is 12.8. The molecule has 3 N–H and O–H groups in total. The Hall–Kier alpha value is -3.41. The minimum atomic E-state index is -4.70. The molecule has 3 aromatic rings. The number of hydrogen-bond acceptors (Lipinski definition) is 5. The number of ether oxygens (including phenoxy) is 1. The summed E-state index contributed by atoms with van der Waals surface area (Å²) in [5, 5.41) is 6.64. The van der Waals surface area contributed by atoms with E-state index in [1.165, 1.54) is 32.1 Å². The molecule has 5 rings (SSSR count). The van der Waals surface area contributed by atoms with Crippen molar-refractivity contribution < 1.29 is 31.1 Å². The first-order valence-electron chi connectivity index (χ1n) is 14.6. The van der Waals surface area contributed by atoms with Crippen molar-refractivity contribution in [2.45, 2.75) is 80.7 Å². The molecule has 1 saturated carbocycles. The molecule has 1 aliphatic heterocycles. The Labute approximate surface area is 250 Å². The number of alkyl halides is 3. The standard InChI is InChI=1S/C32H36F3N3O4S/c33-32(34,35)24-10-7-13-26(19-24)43(40,41)38-29(23-8-3-1-4-9-23)20-31(39)37-28-16-17-42-30-18-22(14-15-27(28)30)21-36-25-11-5-2-6-12-25/h1,3-4,7-10,13-15,18-19,25,28-29,36,38H,2,5-6,11-12,16-17,20-21H2,(H,37,39)/t28-,29-/m1/s1. The fourth-order valence-corrected chi connectivity index (χ4v) is 6.98. The Morgan fingerprint density at radius 2 is 1.70 bits per heavy atom. The van der Waals surface area contributed by atoms with Crippen molar-refractivity contribution in [1.82, 2.24) is 15.4 Å². The van der Waals surface area contributed by atoms with E-state index in [1.54, 1.807) is 30.3 Å². The van der Waals surface area contributed by atoms with E-state index in [2.05, 4.69) is 15.4 Å². The number of hydrogen-bond donors (Lipinski definition) is 3. The van der Waals surface area contributed by atoms with Crippen LogP contribution < -0.4 is 20.1 Å². The van der Waals surface area contributed by atoms with E-state index in [9.17, 15) is 26.4 Å². The number of rotatable bonds is 10. The molecule has 11 heteroatoms. The lowest BCUT2D eigenvalue weighted by Gasteiger charge is -2.28. The maximum atomic E-state index is 13.3. The Morgan fingerprint density at radius 1 is 0.930 bits per heavy atom. The van der Waals surface area contributed by atoms with E-state index in [-0.39, 0.29) is 12.5 Å². The van der Waals surface area contributed by atoms with Crippen molar-refractivity contribution in [3.05, 3.63) is 95.1 Å². The minimum absolute atomic E-state index is 0.252. The van der Waals surface area contributed by atoms with E-state index >= 15 is 0 Å². The number of sulfonamides is 1. The van der Waals surface area contributed by atoms with Gasteiger partial charge in [-0.1, -0.05) is 67.8 Å². The summed E-state index contributed by atoms with van der Waals surface area (Å²) in [6.07, 6.45) is 1.78. The van der Waals surface area contributed by atoms with Gasteiger partial charge < -0.3 is 15.4 Å². The largest absolute Gasteiger partial charge is 0.493 e. The van der Waals surface area contributed by atoms with Crippen LogP contribution in [0.2, 0.25) is 0 Å². The number of fused-ring (bicyclic) bond motifs is 1. The fraction of sp³-hybridized carbons (Fsp3) is 0.406. The Kier molecular flexibility index (Phi) is 9.73. The lowest BCUT2D eigenvalue weighted by Crippen LogP contribution is -2.36. The summed E-state index contributed by atoms with van der Waals surface area (Å²) in [5.41, 5.74) is 1.39. The van der Waals surface area contributed by atoms with Gasteiger partial charge in [0.1, 0.15) is 5.75 Å². The van der Waals surface area contributed by atoms with Crippen molar-refractivity contribution in [2.24, 2.45) is 0 Å². The SMILES string of the molecule is O=C(C[C@@H](NS(=O)(=O)c1cccc(C(F)(F)F)c1)c1ccccc1)N[C@@H]1CCOc2cc(CNC3CCCCC3)ccc21. The molecule has 2 atom stereocenters. The monoisotopic (exact) mass is 615 g/mol. The molecule has 1 fully saturated rings. The average molecular weight is 616 g/mol. The number of amides is 1. The van der Waals surface area contributed by atoms with Crippen LogP contribution in [0, 0.1) is 0 Å². The van der Waals surface area contributed by atoms with Gasteiger partial charge in [0, 0.05) is 31.0 Å². The van der Waals surface area contributed by atoms with Crippen LogP contribution in [0.1, 0.15) is 79.3 Å². The first kappa shape index (κ1) is 31.0. The van der Waals surface area contributed by atoms with Crippen molar-refractivity contribution in [2.75, 3.05) is 6.61 Å². The number of benzene rings is 3. The molecule has 1 aliphatic carbocycles. The van der Waals surface area contributed by atoms with Gasteiger partial charge >= 0.3 is 6.18 Å². The molecule has 0 aromatic heterocycles. The third-order valence-corrected chi connectivity index (χ3v) is 9.48. The van der Waals surface area contributed by atoms with E-state index in [0.717, 1.165) is 35.9 Å². The zero-order chi connectivity index (χ0) is 30.5. The predicted octanol–water partition coefficient (Wildman–Crippen LogP) is 6.18. The van der Waals surface area contributed by atoms with Crippen LogP contribution in [0.5, 0.6) is 5.75 Å². The third-order valence-electron chi connectivity index (χ3n) is 8.01. The maximum absolute atomic E-state index is 13.3. The van der Waals surface area contributed by atoms with Gasteiger partial charge in [0.05, 0.1) is 29.1 Å². The van der Waals surface area contributed by atoms with Crippen LogP contribution in [0.15, 0.2) is 77.7 Å². The molecule has 0 unspecified atom stereocenters. The van der Waals surface area contributed by atoms with Crippen LogP contribution in [-0.4, -0.2) is 27.0 Å². The predicted molar refractivity (Wildman–Crippen MR) is 157 cm³/mol. The zero-order valence-corrected chi connectivity index (χ0v) is 24.5. The highest BCUT2D eigenvalue weighted by Crippen LogP contribution is 2.34. The number of carbonyl (C=O) groups excluding carboxylic acids is 1. The quantitative estimate of drug-likeness (QED) is 0.253. The highest BCUT2D eigenvalue weighted by molar-refractivity contribution is 7.89. The highest BCUT2D eigenvalue weighted by Gasteiger charge is 2.33. The van der Waals surface area contributed by atoms with Gasteiger partial charge in [-0.05, 0) is 48.2 Å². The van der Waals surface area contributed by atoms with Gasteiger partial charge in [0.2, 0.25) is 15.9 Å². The second kappa shape index (κ2) is 13.5. The average Bonchev–Trinajstić information content (AvgIpc) is 3.00. The number of nitrogens with one attached hydrogen (secondary N) is 3. The molecule has 1 amide bonds. The Bertz CT molecular complexity index is 1510. The molecule has 3 aromatic carbocycles. The molecule has 0 radical (unpaired) electrons. The summed E-state index contributed by atoms with van der Waals surface area (Å²) in [5.74, 6) is 0.311. The second-order valence-corrected chi connectivity index (χ2v) is 12.9.